The highest BCUT2D eigenvalue weighted by Crippen LogP contribution is 2.27. The summed E-state index contributed by atoms with van der Waals surface area (Å²) in [5.41, 5.74) is 1.09. The summed E-state index contributed by atoms with van der Waals surface area (Å²) >= 11 is 9.19. The molecule has 3 nitrogen and oxygen atoms in total. The Bertz CT molecular complexity index is 542. The highest BCUT2D eigenvalue weighted by Gasteiger charge is 2.10. The first kappa shape index (κ1) is 10.2. The van der Waals surface area contributed by atoms with Crippen molar-refractivity contribution >= 4 is 27.5 Å². The molecule has 0 aliphatic heterocycles. The molecule has 1 N–H and O–H groups in total. The third-order valence-electron chi connectivity index (χ3n) is 1.89. The summed E-state index contributed by atoms with van der Waals surface area (Å²) in [4.78, 5) is 6.94. The van der Waals surface area contributed by atoms with Crippen molar-refractivity contribution in [1.29, 1.82) is 5.26 Å². The average Bonchev–Trinajstić information content (AvgIpc) is 2.60. The maximum atomic E-state index is 8.72. The first-order valence-corrected chi connectivity index (χ1v) is 5.30. The highest BCUT2D eigenvalue weighted by molar-refractivity contribution is 9.10. The van der Waals surface area contributed by atoms with Gasteiger partial charge in [0, 0.05) is 10.0 Å². The van der Waals surface area contributed by atoms with Gasteiger partial charge in [0.25, 0.3) is 0 Å². The van der Waals surface area contributed by atoms with Gasteiger partial charge in [0.2, 0.25) is 0 Å². The quantitative estimate of drug-likeness (QED) is 0.872. The molecule has 15 heavy (non-hydrogen) atoms. The van der Waals surface area contributed by atoms with Gasteiger partial charge in [0.05, 0.1) is 0 Å². The zero-order valence-corrected chi connectivity index (χ0v) is 9.80. The molecule has 0 aliphatic carbocycles. The van der Waals surface area contributed by atoms with E-state index in [4.69, 9.17) is 16.9 Å². The second-order valence-electron chi connectivity index (χ2n) is 2.84. The molecule has 0 saturated heterocycles. The summed E-state index contributed by atoms with van der Waals surface area (Å²) in [6, 6.07) is 9.50. The van der Waals surface area contributed by atoms with E-state index in [1.54, 1.807) is 0 Å². The Morgan fingerprint density at radius 3 is 2.73 bits per heavy atom. The van der Waals surface area contributed by atoms with E-state index in [1.807, 2.05) is 30.3 Å². The number of imidazole rings is 1. The van der Waals surface area contributed by atoms with Crippen molar-refractivity contribution in [2.45, 2.75) is 0 Å². The lowest BCUT2D eigenvalue weighted by molar-refractivity contribution is 1.29. The number of nitriles is 1. The van der Waals surface area contributed by atoms with Crippen LogP contribution >= 0.6 is 27.5 Å². The van der Waals surface area contributed by atoms with E-state index in [1.165, 1.54) is 0 Å². The van der Waals surface area contributed by atoms with Crippen molar-refractivity contribution in [2.24, 2.45) is 0 Å². The van der Waals surface area contributed by atoms with Crippen LogP contribution in [0.4, 0.5) is 0 Å². The van der Waals surface area contributed by atoms with Gasteiger partial charge in [-0.05, 0) is 6.07 Å². The van der Waals surface area contributed by atoms with E-state index >= 15 is 0 Å². The van der Waals surface area contributed by atoms with E-state index in [9.17, 15) is 0 Å². The van der Waals surface area contributed by atoms with E-state index in [0.29, 0.717) is 5.82 Å². The Kier molecular flexibility index (Phi) is 2.76. The van der Waals surface area contributed by atoms with E-state index in [2.05, 4.69) is 25.9 Å². The molecule has 1 aromatic heterocycles. The van der Waals surface area contributed by atoms with Crippen LogP contribution in [0.5, 0.6) is 0 Å². The Hall–Kier alpha value is -1.31. The summed E-state index contributed by atoms with van der Waals surface area (Å²) in [6.07, 6.45) is 0. The normalized spacial score (nSPS) is 9.93. The Morgan fingerprint density at radius 2 is 2.13 bits per heavy atom. The van der Waals surface area contributed by atoms with E-state index in [0.717, 1.165) is 10.0 Å². The Morgan fingerprint density at radius 1 is 1.40 bits per heavy atom. The van der Waals surface area contributed by atoms with Crippen molar-refractivity contribution in [3.63, 3.8) is 0 Å². The largest absolute Gasteiger partial charge is 0.328 e. The number of H-pyrrole nitrogens is 1. The standard InChI is InChI=1S/C10H5BrClN3/c11-7-4-2-1-3-6(7)10-14-8(5-13)9(12)15-10/h1-4H,(H,14,15). The monoisotopic (exact) mass is 281 g/mol. The van der Waals surface area contributed by atoms with Crippen molar-refractivity contribution in [3.05, 3.63) is 39.6 Å². The minimum atomic E-state index is 0.211. The van der Waals surface area contributed by atoms with Crippen LogP contribution in [0.1, 0.15) is 5.69 Å². The van der Waals surface area contributed by atoms with Crippen molar-refractivity contribution in [3.8, 4) is 17.5 Å². The summed E-state index contributed by atoms with van der Waals surface area (Å²) in [5, 5.41) is 8.99. The van der Waals surface area contributed by atoms with Crippen molar-refractivity contribution in [1.82, 2.24) is 9.97 Å². The number of nitrogens with zero attached hydrogens (tertiary/aromatic N) is 2. The molecule has 1 aromatic carbocycles. The van der Waals surface area contributed by atoms with Gasteiger partial charge in [-0.2, -0.15) is 5.26 Å². The predicted molar refractivity (Wildman–Crippen MR) is 61.4 cm³/mol. The fraction of sp³-hybridized carbons (Fsp3) is 0. The topological polar surface area (TPSA) is 52.5 Å². The van der Waals surface area contributed by atoms with Crippen LogP contribution in [-0.2, 0) is 0 Å². The van der Waals surface area contributed by atoms with E-state index in [-0.39, 0.29) is 10.8 Å². The maximum absolute atomic E-state index is 8.72. The molecule has 0 radical (unpaired) electrons. The summed E-state index contributed by atoms with van der Waals surface area (Å²) in [7, 11) is 0. The van der Waals surface area contributed by atoms with Gasteiger partial charge in [-0.1, -0.05) is 45.7 Å². The number of aromatic amines is 1. The molecule has 0 bridgehead atoms. The maximum Gasteiger partial charge on any atom is 0.178 e. The van der Waals surface area contributed by atoms with Crippen LogP contribution < -0.4 is 0 Å². The molecular formula is C10H5BrClN3. The minimum Gasteiger partial charge on any atom is -0.328 e. The number of rotatable bonds is 1. The van der Waals surface area contributed by atoms with Gasteiger partial charge in [0.15, 0.2) is 5.69 Å². The molecule has 0 aliphatic rings. The average molecular weight is 283 g/mol. The lowest BCUT2D eigenvalue weighted by atomic mass is 10.2. The van der Waals surface area contributed by atoms with Gasteiger partial charge in [0.1, 0.15) is 17.0 Å². The fourth-order valence-electron chi connectivity index (χ4n) is 1.21. The van der Waals surface area contributed by atoms with Crippen LogP contribution in [0.15, 0.2) is 28.7 Å². The molecule has 0 unspecified atom stereocenters. The third-order valence-corrected chi connectivity index (χ3v) is 2.86. The summed E-state index contributed by atoms with van der Waals surface area (Å²) in [5.74, 6) is 0.587. The first-order chi connectivity index (χ1) is 7.22. The molecule has 2 aromatic rings. The van der Waals surface area contributed by atoms with Crippen LogP contribution in [0, 0.1) is 11.3 Å². The smallest absolute Gasteiger partial charge is 0.178 e. The molecule has 1 heterocycles. The third kappa shape index (κ3) is 1.89. The number of hydrogen-bond acceptors (Lipinski definition) is 2. The summed E-state index contributed by atoms with van der Waals surface area (Å²) < 4.78 is 0.903. The molecule has 5 heteroatoms. The molecular weight excluding hydrogens is 277 g/mol. The zero-order valence-electron chi connectivity index (χ0n) is 7.46. The Labute approximate surface area is 99.8 Å². The van der Waals surface area contributed by atoms with Gasteiger partial charge in [-0.15, -0.1) is 0 Å². The van der Waals surface area contributed by atoms with Crippen LogP contribution in [-0.4, -0.2) is 9.97 Å². The molecule has 0 fully saturated rings. The van der Waals surface area contributed by atoms with Gasteiger partial charge < -0.3 is 4.98 Å². The van der Waals surface area contributed by atoms with Gasteiger partial charge in [-0.25, -0.2) is 4.98 Å². The van der Waals surface area contributed by atoms with Crippen LogP contribution in [0.3, 0.4) is 0 Å². The number of hydrogen-bond donors (Lipinski definition) is 1. The van der Waals surface area contributed by atoms with Gasteiger partial charge >= 0.3 is 0 Å². The van der Waals surface area contributed by atoms with Crippen LogP contribution in [0.25, 0.3) is 11.4 Å². The molecule has 0 amide bonds. The highest BCUT2D eigenvalue weighted by atomic mass is 79.9. The van der Waals surface area contributed by atoms with Crippen molar-refractivity contribution in [2.75, 3.05) is 0 Å². The van der Waals surface area contributed by atoms with Crippen molar-refractivity contribution < 1.29 is 0 Å². The SMILES string of the molecule is N#Cc1nc(-c2ccccc2Br)[nH]c1Cl. The number of benzene rings is 1. The Balaban J connectivity index is 2.56. The molecule has 0 spiro atoms. The zero-order chi connectivity index (χ0) is 10.8. The second-order valence-corrected chi connectivity index (χ2v) is 4.07. The summed E-state index contributed by atoms with van der Waals surface area (Å²) in [6.45, 7) is 0. The minimum absolute atomic E-state index is 0.211. The number of halogens is 2. The predicted octanol–water partition coefficient (Wildman–Crippen LogP) is 3.36. The second kappa shape index (κ2) is 4.05. The molecule has 2 rings (SSSR count). The van der Waals surface area contributed by atoms with Crippen LogP contribution in [0.2, 0.25) is 5.15 Å². The fourth-order valence-corrected chi connectivity index (χ4v) is 1.85. The molecule has 0 atom stereocenters. The van der Waals surface area contributed by atoms with Gasteiger partial charge in [-0.3, -0.25) is 0 Å². The molecule has 0 saturated carbocycles. The number of nitrogens with one attached hydrogen (secondary N) is 1. The number of aromatic nitrogens is 2. The first-order valence-electron chi connectivity index (χ1n) is 4.13. The lowest BCUT2D eigenvalue weighted by Gasteiger charge is -1.98. The lowest BCUT2D eigenvalue weighted by Crippen LogP contribution is -1.81. The van der Waals surface area contributed by atoms with E-state index < -0.39 is 0 Å². The molecule has 74 valence electrons.